The van der Waals surface area contributed by atoms with Crippen LogP contribution in [0.15, 0.2) is 21.1 Å². The second-order valence-electron chi connectivity index (χ2n) is 5.33. The first-order valence-corrected chi connectivity index (χ1v) is 8.92. The summed E-state index contributed by atoms with van der Waals surface area (Å²) in [6.07, 6.45) is 5.30. The van der Waals surface area contributed by atoms with Crippen LogP contribution in [0.5, 0.6) is 0 Å². The van der Waals surface area contributed by atoms with E-state index in [1.165, 1.54) is 36.5 Å². The minimum atomic E-state index is 0.562. The molecule has 1 aliphatic carbocycles. The van der Waals surface area contributed by atoms with Gasteiger partial charge in [-0.1, -0.05) is 36.4 Å². The minimum Gasteiger partial charge on any atom is -0.363 e. The normalized spacial score (nSPS) is 32.4. The Hall–Kier alpha value is -0.620. The number of hydrogen-bond donors (Lipinski definition) is 1. The molecule has 3 aliphatic heterocycles. The number of hydrogen-bond acceptors (Lipinski definition) is 6. The number of nitrogens with zero attached hydrogens (tertiary/aromatic N) is 3. The molecule has 0 aromatic carbocycles. The van der Waals surface area contributed by atoms with Gasteiger partial charge in [-0.3, -0.25) is 9.98 Å². The van der Waals surface area contributed by atoms with Gasteiger partial charge in [0, 0.05) is 18.0 Å². The first-order chi connectivity index (χ1) is 9.42. The summed E-state index contributed by atoms with van der Waals surface area (Å²) in [6, 6.07) is 1.20. The molecule has 3 heterocycles. The Kier molecular flexibility index (Phi) is 3.23. The number of nitrogens with one attached hydrogen (secondary N) is 1. The molecule has 0 amide bonds. The predicted octanol–water partition coefficient (Wildman–Crippen LogP) is 2.25. The molecule has 0 aromatic heterocycles. The molecule has 2 atom stereocenters. The standard InChI is InChI=1S/C13H18N4S2/c1-2-4-11-10(3-1)16-13-17(11)9(8-19-13)7-18-12-14-5-6-15-12/h8,10-11H,1-7H2,(H,14,15)/t10-,11-/m0/s1. The molecule has 1 fully saturated rings. The fourth-order valence-corrected chi connectivity index (χ4v) is 5.21. The Labute approximate surface area is 122 Å². The first-order valence-electron chi connectivity index (χ1n) is 7.06. The van der Waals surface area contributed by atoms with Crippen molar-refractivity contribution in [3.63, 3.8) is 0 Å². The zero-order chi connectivity index (χ0) is 12.7. The highest BCUT2D eigenvalue weighted by Crippen LogP contribution is 2.41. The van der Waals surface area contributed by atoms with Gasteiger partial charge >= 0.3 is 0 Å². The quantitative estimate of drug-likeness (QED) is 0.848. The van der Waals surface area contributed by atoms with Crippen LogP contribution >= 0.6 is 23.5 Å². The van der Waals surface area contributed by atoms with Crippen molar-refractivity contribution in [2.24, 2.45) is 9.98 Å². The lowest BCUT2D eigenvalue weighted by molar-refractivity contribution is 0.285. The summed E-state index contributed by atoms with van der Waals surface area (Å²) in [5.41, 5.74) is 1.43. The third kappa shape index (κ3) is 2.18. The maximum absolute atomic E-state index is 4.90. The van der Waals surface area contributed by atoms with E-state index < -0.39 is 0 Å². The smallest absolute Gasteiger partial charge is 0.168 e. The van der Waals surface area contributed by atoms with Crippen molar-refractivity contribution in [2.45, 2.75) is 37.8 Å². The van der Waals surface area contributed by atoms with Crippen LogP contribution in [-0.4, -0.2) is 46.2 Å². The van der Waals surface area contributed by atoms with E-state index in [1.807, 2.05) is 23.5 Å². The SMILES string of the molecule is C1=C(CSC2=NCCN2)N2C(=N[C@H]3CCCC[C@@H]32)S1. The summed E-state index contributed by atoms with van der Waals surface area (Å²) in [5.74, 6) is 1.01. The second kappa shape index (κ2) is 5.05. The van der Waals surface area contributed by atoms with Crippen LogP contribution in [0.1, 0.15) is 25.7 Å². The highest BCUT2D eigenvalue weighted by Gasteiger charge is 2.41. The maximum atomic E-state index is 4.90. The number of thioether (sulfide) groups is 2. The van der Waals surface area contributed by atoms with Crippen LogP contribution in [0.3, 0.4) is 0 Å². The van der Waals surface area contributed by atoms with Crippen LogP contribution in [0.2, 0.25) is 0 Å². The number of rotatable bonds is 2. The molecule has 0 saturated heterocycles. The number of amidine groups is 2. The van der Waals surface area contributed by atoms with Crippen molar-refractivity contribution in [1.82, 2.24) is 10.2 Å². The summed E-state index contributed by atoms with van der Waals surface area (Å²) in [4.78, 5) is 11.9. The molecule has 4 aliphatic rings. The van der Waals surface area contributed by atoms with Gasteiger partial charge in [-0.25, -0.2) is 0 Å². The molecule has 19 heavy (non-hydrogen) atoms. The number of aliphatic imine (C=N–C) groups is 2. The van der Waals surface area contributed by atoms with Crippen LogP contribution in [0.4, 0.5) is 0 Å². The topological polar surface area (TPSA) is 40.0 Å². The van der Waals surface area contributed by atoms with E-state index in [0.717, 1.165) is 24.0 Å². The lowest BCUT2D eigenvalue weighted by atomic mass is 9.91. The van der Waals surface area contributed by atoms with Crippen molar-refractivity contribution in [3.05, 3.63) is 11.1 Å². The van der Waals surface area contributed by atoms with Gasteiger partial charge in [0.25, 0.3) is 0 Å². The molecule has 0 unspecified atom stereocenters. The molecular formula is C13H18N4S2. The lowest BCUT2D eigenvalue weighted by Crippen LogP contribution is -2.39. The zero-order valence-electron chi connectivity index (χ0n) is 10.8. The Bertz CT molecular complexity index is 471. The van der Waals surface area contributed by atoms with E-state index in [-0.39, 0.29) is 0 Å². The van der Waals surface area contributed by atoms with E-state index in [9.17, 15) is 0 Å². The van der Waals surface area contributed by atoms with Crippen molar-refractivity contribution >= 4 is 33.9 Å². The van der Waals surface area contributed by atoms with Crippen molar-refractivity contribution in [3.8, 4) is 0 Å². The maximum Gasteiger partial charge on any atom is 0.168 e. The lowest BCUT2D eigenvalue weighted by Gasteiger charge is -2.31. The highest BCUT2D eigenvalue weighted by molar-refractivity contribution is 8.17. The van der Waals surface area contributed by atoms with Gasteiger partial charge in [0.15, 0.2) is 10.3 Å². The van der Waals surface area contributed by atoms with Crippen LogP contribution < -0.4 is 5.32 Å². The van der Waals surface area contributed by atoms with Crippen molar-refractivity contribution < 1.29 is 0 Å². The Morgan fingerprint density at radius 2 is 2.37 bits per heavy atom. The van der Waals surface area contributed by atoms with Gasteiger partial charge in [-0.05, 0) is 18.2 Å². The second-order valence-corrected chi connectivity index (χ2v) is 7.13. The fourth-order valence-electron chi connectivity index (χ4n) is 3.21. The average molecular weight is 294 g/mol. The van der Waals surface area contributed by atoms with Gasteiger partial charge in [0.1, 0.15) is 0 Å². The third-order valence-electron chi connectivity index (χ3n) is 4.12. The molecule has 102 valence electrons. The van der Waals surface area contributed by atoms with Gasteiger partial charge in [-0.2, -0.15) is 0 Å². The molecule has 4 rings (SSSR count). The van der Waals surface area contributed by atoms with Crippen LogP contribution in [0, 0.1) is 0 Å². The Balaban J connectivity index is 1.44. The first kappa shape index (κ1) is 12.1. The third-order valence-corrected chi connectivity index (χ3v) is 6.01. The largest absolute Gasteiger partial charge is 0.363 e. The van der Waals surface area contributed by atoms with Gasteiger partial charge in [0.2, 0.25) is 0 Å². The molecule has 0 aromatic rings. The predicted molar refractivity (Wildman–Crippen MR) is 83.8 cm³/mol. The summed E-state index contributed by atoms with van der Waals surface area (Å²) in [5, 5.41) is 7.96. The van der Waals surface area contributed by atoms with E-state index in [4.69, 9.17) is 4.99 Å². The summed E-state index contributed by atoms with van der Waals surface area (Å²) in [7, 11) is 0. The van der Waals surface area contributed by atoms with E-state index >= 15 is 0 Å². The monoisotopic (exact) mass is 294 g/mol. The van der Waals surface area contributed by atoms with Crippen LogP contribution in [-0.2, 0) is 0 Å². The molecule has 0 bridgehead atoms. The molecule has 6 heteroatoms. The van der Waals surface area contributed by atoms with E-state index in [2.05, 4.69) is 20.6 Å². The average Bonchev–Trinajstić information content (AvgIpc) is 3.13. The van der Waals surface area contributed by atoms with Crippen molar-refractivity contribution in [1.29, 1.82) is 0 Å². The van der Waals surface area contributed by atoms with Crippen molar-refractivity contribution in [2.75, 3.05) is 18.8 Å². The summed E-state index contributed by atoms with van der Waals surface area (Å²) < 4.78 is 0. The van der Waals surface area contributed by atoms with E-state index in [1.54, 1.807) is 0 Å². The molecule has 0 spiro atoms. The molecule has 4 nitrogen and oxygen atoms in total. The van der Waals surface area contributed by atoms with E-state index in [0.29, 0.717) is 12.1 Å². The Morgan fingerprint density at radius 1 is 1.42 bits per heavy atom. The van der Waals surface area contributed by atoms with Gasteiger partial charge in [0.05, 0.1) is 18.6 Å². The molecule has 0 radical (unpaired) electrons. The Morgan fingerprint density at radius 3 is 3.26 bits per heavy atom. The van der Waals surface area contributed by atoms with Gasteiger partial charge in [-0.15, -0.1) is 0 Å². The van der Waals surface area contributed by atoms with Gasteiger partial charge < -0.3 is 10.2 Å². The summed E-state index contributed by atoms with van der Waals surface area (Å²) in [6.45, 7) is 1.93. The molecule has 1 saturated carbocycles. The van der Waals surface area contributed by atoms with Crippen LogP contribution in [0.25, 0.3) is 0 Å². The summed E-state index contributed by atoms with van der Waals surface area (Å²) >= 11 is 3.64. The fraction of sp³-hybridized carbons (Fsp3) is 0.692. The molecule has 1 N–H and O–H groups in total. The number of fused-ring (bicyclic) bond motifs is 3. The minimum absolute atomic E-state index is 0.562. The highest BCUT2D eigenvalue weighted by atomic mass is 32.2. The zero-order valence-corrected chi connectivity index (χ0v) is 12.5. The molecular weight excluding hydrogens is 276 g/mol.